The number of aromatic nitrogens is 1. The molecule has 1 fully saturated rings. The van der Waals surface area contributed by atoms with Gasteiger partial charge in [-0.15, -0.1) is 0 Å². The van der Waals surface area contributed by atoms with Crippen molar-refractivity contribution in [3.8, 4) is 11.1 Å². The number of benzene rings is 2. The number of hydrogen-bond donors (Lipinski definition) is 4. The zero-order valence-corrected chi connectivity index (χ0v) is 26.1. The number of aryl methyl sites for hydroxylation is 1. The number of allylic oxidation sites excluding steroid dienone is 4. The van der Waals surface area contributed by atoms with E-state index in [1.165, 1.54) is 11.8 Å². The van der Waals surface area contributed by atoms with Crippen LogP contribution in [-0.4, -0.2) is 41.8 Å². The van der Waals surface area contributed by atoms with Gasteiger partial charge >= 0.3 is 0 Å². The monoisotopic (exact) mass is 606 g/mol. The molecule has 1 aliphatic heterocycles. The standard InChI is InChI=1S/C36H42N6O3/c1-24-4-6-28(7-5-24)25(2)20-42(21-27-12-14-45-15-13-27)22-32(23-43)36(44)41-33-10-8-29(9-11-33)34-17-31(19-40-35(34)39)30(18-37)16-26(3)38/h4-11,16-20,22-23,27H,12-15,21,37-38H2,1-3H3,(H2,39,40)(H,41,44)/b25-20+,26-16-,30-18+,32-22+. The molecule has 9 heteroatoms. The number of carbonyl (C=O) groups excluding carboxylic acids is 2. The molecule has 0 bridgehead atoms. The molecule has 0 spiro atoms. The fourth-order valence-electron chi connectivity index (χ4n) is 5.10. The fraction of sp³-hybridized carbons (Fsp3) is 0.250. The van der Waals surface area contributed by atoms with Gasteiger partial charge in [0.2, 0.25) is 0 Å². The number of carbonyl (C=O) groups is 2. The van der Waals surface area contributed by atoms with E-state index in [4.69, 9.17) is 21.9 Å². The van der Waals surface area contributed by atoms with Crippen molar-refractivity contribution in [2.24, 2.45) is 17.4 Å². The van der Waals surface area contributed by atoms with Gasteiger partial charge in [0.1, 0.15) is 5.82 Å². The number of ether oxygens (including phenoxy) is 1. The maximum Gasteiger partial charge on any atom is 0.260 e. The Morgan fingerprint density at radius 3 is 2.36 bits per heavy atom. The highest BCUT2D eigenvalue weighted by Crippen LogP contribution is 2.29. The van der Waals surface area contributed by atoms with Crippen LogP contribution in [0.4, 0.5) is 11.5 Å². The first-order valence-corrected chi connectivity index (χ1v) is 15.0. The van der Waals surface area contributed by atoms with E-state index in [9.17, 15) is 9.59 Å². The Bertz CT molecular complexity index is 1610. The molecule has 0 atom stereocenters. The Morgan fingerprint density at radius 1 is 1.04 bits per heavy atom. The third kappa shape index (κ3) is 9.17. The minimum atomic E-state index is -0.499. The van der Waals surface area contributed by atoms with Gasteiger partial charge in [-0.2, -0.15) is 0 Å². The second kappa shape index (κ2) is 15.5. The molecule has 1 amide bonds. The molecule has 9 nitrogen and oxygen atoms in total. The average molecular weight is 607 g/mol. The van der Waals surface area contributed by atoms with Gasteiger partial charge in [0.05, 0.1) is 5.57 Å². The molecule has 234 valence electrons. The summed E-state index contributed by atoms with van der Waals surface area (Å²) >= 11 is 0. The Balaban J connectivity index is 1.54. The molecule has 4 rings (SSSR count). The van der Waals surface area contributed by atoms with Gasteiger partial charge in [-0.05, 0) is 80.5 Å². The van der Waals surface area contributed by atoms with Crippen LogP contribution in [0.15, 0.2) is 96.7 Å². The molecule has 7 N–H and O–H groups in total. The molecule has 3 aromatic rings. The summed E-state index contributed by atoms with van der Waals surface area (Å²) in [6, 6.07) is 17.3. The largest absolute Gasteiger partial charge is 0.404 e. The number of nitrogens with zero attached hydrogens (tertiary/aromatic N) is 2. The average Bonchev–Trinajstić information content (AvgIpc) is 3.03. The minimum Gasteiger partial charge on any atom is -0.404 e. The van der Waals surface area contributed by atoms with Crippen molar-refractivity contribution in [1.29, 1.82) is 0 Å². The van der Waals surface area contributed by atoms with Crippen molar-refractivity contribution in [2.75, 3.05) is 30.8 Å². The lowest BCUT2D eigenvalue weighted by atomic mass is 9.99. The van der Waals surface area contributed by atoms with Gasteiger partial charge in [0.25, 0.3) is 5.91 Å². The van der Waals surface area contributed by atoms with E-state index in [1.54, 1.807) is 37.5 Å². The lowest BCUT2D eigenvalue weighted by molar-refractivity contribution is -0.115. The summed E-state index contributed by atoms with van der Waals surface area (Å²) in [5.41, 5.74) is 25.3. The predicted octanol–water partition coefficient (Wildman–Crippen LogP) is 5.61. The van der Waals surface area contributed by atoms with Crippen molar-refractivity contribution >= 4 is 34.8 Å². The first-order valence-electron chi connectivity index (χ1n) is 15.0. The van der Waals surface area contributed by atoms with Gasteiger partial charge in [-0.25, -0.2) is 4.98 Å². The number of pyridine rings is 1. The highest BCUT2D eigenvalue weighted by molar-refractivity contribution is 6.16. The molecule has 0 unspecified atom stereocenters. The molecule has 2 heterocycles. The van der Waals surface area contributed by atoms with Crippen LogP contribution < -0.4 is 22.5 Å². The quantitative estimate of drug-likeness (QED) is 0.0723. The van der Waals surface area contributed by atoms with Crippen molar-refractivity contribution in [3.63, 3.8) is 0 Å². The zero-order chi connectivity index (χ0) is 32.3. The van der Waals surface area contributed by atoms with E-state index < -0.39 is 5.91 Å². The van der Waals surface area contributed by atoms with Gasteiger partial charge in [0, 0.05) is 72.6 Å². The summed E-state index contributed by atoms with van der Waals surface area (Å²) in [5, 5.41) is 2.85. The van der Waals surface area contributed by atoms with Crippen LogP contribution >= 0.6 is 0 Å². The number of nitrogens with two attached hydrogens (primary N) is 3. The zero-order valence-electron chi connectivity index (χ0n) is 26.1. The first kappa shape index (κ1) is 32.8. The third-order valence-corrected chi connectivity index (χ3v) is 7.64. The minimum absolute atomic E-state index is 0.0181. The topological polar surface area (TPSA) is 150 Å². The first-order chi connectivity index (χ1) is 21.7. The van der Waals surface area contributed by atoms with Crippen molar-refractivity contribution in [1.82, 2.24) is 9.88 Å². The van der Waals surface area contributed by atoms with Gasteiger partial charge in [-0.1, -0.05) is 42.0 Å². The summed E-state index contributed by atoms with van der Waals surface area (Å²) < 4.78 is 5.53. The predicted molar refractivity (Wildman–Crippen MR) is 182 cm³/mol. The van der Waals surface area contributed by atoms with Crippen LogP contribution in [-0.2, 0) is 14.3 Å². The summed E-state index contributed by atoms with van der Waals surface area (Å²) in [6.45, 7) is 7.94. The highest BCUT2D eigenvalue weighted by atomic mass is 16.5. The maximum absolute atomic E-state index is 13.3. The molecular weight excluding hydrogens is 564 g/mol. The summed E-state index contributed by atoms with van der Waals surface area (Å²) in [6.07, 6.45) is 10.9. The second-order valence-electron chi connectivity index (χ2n) is 11.3. The fourth-order valence-corrected chi connectivity index (χ4v) is 5.10. The summed E-state index contributed by atoms with van der Waals surface area (Å²) in [7, 11) is 0. The van der Waals surface area contributed by atoms with Crippen LogP contribution in [0.5, 0.6) is 0 Å². The maximum atomic E-state index is 13.3. The van der Waals surface area contributed by atoms with Crippen LogP contribution in [0.3, 0.4) is 0 Å². The van der Waals surface area contributed by atoms with E-state index in [2.05, 4.69) is 34.6 Å². The van der Waals surface area contributed by atoms with Crippen LogP contribution in [0, 0.1) is 12.8 Å². The second-order valence-corrected chi connectivity index (χ2v) is 11.3. The lowest BCUT2D eigenvalue weighted by Crippen LogP contribution is -2.27. The normalized spacial score (nSPS) is 15.1. The highest BCUT2D eigenvalue weighted by Gasteiger charge is 2.18. The van der Waals surface area contributed by atoms with Crippen LogP contribution in [0.1, 0.15) is 43.4 Å². The number of rotatable bonds is 11. The Morgan fingerprint density at radius 2 is 1.73 bits per heavy atom. The molecule has 45 heavy (non-hydrogen) atoms. The lowest BCUT2D eigenvalue weighted by Gasteiger charge is -2.27. The van der Waals surface area contributed by atoms with Crippen molar-refractivity contribution in [2.45, 2.75) is 33.6 Å². The van der Waals surface area contributed by atoms with E-state index in [-0.39, 0.29) is 5.57 Å². The molecule has 1 aromatic heterocycles. The van der Waals surface area contributed by atoms with E-state index in [0.717, 1.165) is 40.7 Å². The van der Waals surface area contributed by atoms with E-state index in [0.29, 0.717) is 54.7 Å². The Hall–Kier alpha value is -5.15. The van der Waals surface area contributed by atoms with E-state index >= 15 is 0 Å². The number of hydrogen-bond acceptors (Lipinski definition) is 8. The van der Waals surface area contributed by atoms with Gasteiger partial charge in [0.15, 0.2) is 6.29 Å². The van der Waals surface area contributed by atoms with Crippen LogP contribution in [0.25, 0.3) is 22.3 Å². The molecule has 1 saturated heterocycles. The van der Waals surface area contributed by atoms with Crippen LogP contribution in [0.2, 0.25) is 0 Å². The number of nitrogens with one attached hydrogen (secondary N) is 1. The molecule has 0 saturated carbocycles. The van der Waals surface area contributed by atoms with E-state index in [1.807, 2.05) is 43.1 Å². The number of anilines is 2. The third-order valence-electron chi connectivity index (χ3n) is 7.64. The molecule has 0 radical (unpaired) electrons. The Labute approximate surface area is 265 Å². The van der Waals surface area contributed by atoms with Crippen molar-refractivity contribution < 1.29 is 14.3 Å². The molecule has 0 aliphatic carbocycles. The number of nitrogen functional groups attached to an aromatic ring is 1. The molecular formula is C36H42N6O3. The molecule has 2 aromatic carbocycles. The Kier molecular flexibility index (Phi) is 11.3. The van der Waals surface area contributed by atoms with Crippen molar-refractivity contribution in [3.05, 3.63) is 113 Å². The van der Waals surface area contributed by atoms with Gasteiger partial charge in [-0.3, -0.25) is 9.59 Å². The SMILES string of the molecule is C/C(N)=C/C(=C\N)c1cnc(N)c(-c2ccc(NC(=O)/C(C=O)=C/N(/C=C(\C)c3ccc(C)cc3)CC3CCOCC3)cc2)c1. The number of amides is 1. The number of aldehydes is 1. The summed E-state index contributed by atoms with van der Waals surface area (Å²) in [5.74, 6) is 0.235. The van der Waals surface area contributed by atoms with Gasteiger partial charge < -0.3 is 32.2 Å². The molecule has 1 aliphatic rings. The smallest absolute Gasteiger partial charge is 0.260 e. The summed E-state index contributed by atoms with van der Waals surface area (Å²) in [4.78, 5) is 31.7.